The Balaban J connectivity index is 2.64. The standard InChI is InChI=1S/C17H22N4O4/c1-10(19-12(3)22)16(24)20-11(2)17(25)21-14(15(18)23)9-13-7-5-4-6-8-13/h4-8,10,14H,2,9H2,1,3H3,(H2,18,23)(H,19,22)(H,20,24)(H,21,25)/t10-,14-/m0/s1. The van der Waals surface area contributed by atoms with Crippen molar-refractivity contribution in [3.63, 3.8) is 0 Å². The molecule has 0 unspecified atom stereocenters. The lowest BCUT2D eigenvalue weighted by molar-refractivity contribution is -0.128. The van der Waals surface area contributed by atoms with E-state index in [0.717, 1.165) is 5.56 Å². The van der Waals surface area contributed by atoms with Crippen LogP contribution in [0.15, 0.2) is 42.6 Å². The largest absolute Gasteiger partial charge is 0.368 e. The summed E-state index contributed by atoms with van der Waals surface area (Å²) in [7, 11) is 0. The highest BCUT2D eigenvalue weighted by molar-refractivity contribution is 6.00. The van der Waals surface area contributed by atoms with Gasteiger partial charge in [-0.3, -0.25) is 19.2 Å². The van der Waals surface area contributed by atoms with Crippen LogP contribution in [0.5, 0.6) is 0 Å². The highest BCUT2D eigenvalue weighted by atomic mass is 16.2. The number of amides is 4. The van der Waals surface area contributed by atoms with E-state index in [1.165, 1.54) is 13.8 Å². The normalized spacial score (nSPS) is 12.4. The maximum Gasteiger partial charge on any atom is 0.267 e. The molecule has 134 valence electrons. The summed E-state index contributed by atoms with van der Waals surface area (Å²) >= 11 is 0. The van der Waals surface area contributed by atoms with E-state index in [-0.39, 0.29) is 18.0 Å². The van der Waals surface area contributed by atoms with Gasteiger partial charge < -0.3 is 21.7 Å². The van der Waals surface area contributed by atoms with Crippen molar-refractivity contribution in [1.82, 2.24) is 16.0 Å². The molecular formula is C17H22N4O4. The second-order valence-corrected chi connectivity index (χ2v) is 5.51. The Labute approximate surface area is 145 Å². The summed E-state index contributed by atoms with van der Waals surface area (Å²) in [5, 5.41) is 7.10. The minimum absolute atomic E-state index is 0.214. The molecule has 0 fully saturated rings. The van der Waals surface area contributed by atoms with Crippen LogP contribution in [0.3, 0.4) is 0 Å². The molecule has 2 atom stereocenters. The second kappa shape index (κ2) is 9.21. The molecule has 0 aliphatic rings. The van der Waals surface area contributed by atoms with Gasteiger partial charge in [0.15, 0.2) is 0 Å². The van der Waals surface area contributed by atoms with Gasteiger partial charge in [0.2, 0.25) is 17.7 Å². The van der Waals surface area contributed by atoms with Gasteiger partial charge >= 0.3 is 0 Å². The van der Waals surface area contributed by atoms with Crippen molar-refractivity contribution >= 4 is 23.6 Å². The molecule has 1 aromatic rings. The van der Waals surface area contributed by atoms with Crippen molar-refractivity contribution in [2.24, 2.45) is 5.73 Å². The third-order valence-electron chi connectivity index (χ3n) is 3.29. The molecule has 0 bridgehead atoms. The highest BCUT2D eigenvalue weighted by Gasteiger charge is 2.22. The molecule has 0 radical (unpaired) electrons. The molecule has 0 saturated carbocycles. The van der Waals surface area contributed by atoms with E-state index in [1.54, 1.807) is 24.3 Å². The second-order valence-electron chi connectivity index (χ2n) is 5.51. The van der Waals surface area contributed by atoms with Crippen molar-refractivity contribution in [3.05, 3.63) is 48.2 Å². The highest BCUT2D eigenvalue weighted by Crippen LogP contribution is 2.03. The number of hydrogen-bond acceptors (Lipinski definition) is 4. The van der Waals surface area contributed by atoms with Gasteiger partial charge in [-0.2, -0.15) is 0 Å². The summed E-state index contributed by atoms with van der Waals surface area (Å²) in [5.41, 5.74) is 5.89. The first kappa shape index (κ1) is 19.9. The SMILES string of the molecule is C=C(NC(=O)[C@H](C)NC(C)=O)C(=O)N[C@@H](Cc1ccccc1)C(N)=O. The average Bonchev–Trinajstić information content (AvgIpc) is 2.54. The van der Waals surface area contributed by atoms with E-state index in [2.05, 4.69) is 22.5 Å². The van der Waals surface area contributed by atoms with E-state index < -0.39 is 29.8 Å². The van der Waals surface area contributed by atoms with Crippen LogP contribution in [0.1, 0.15) is 19.4 Å². The van der Waals surface area contributed by atoms with Gasteiger partial charge in [0.05, 0.1) is 5.70 Å². The molecule has 0 saturated heterocycles. The Hall–Kier alpha value is -3.16. The van der Waals surface area contributed by atoms with E-state index >= 15 is 0 Å². The van der Waals surface area contributed by atoms with Crippen LogP contribution < -0.4 is 21.7 Å². The molecule has 8 heteroatoms. The summed E-state index contributed by atoms with van der Waals surface area (Å²) < 4.78 is 0. The molecule has 4 amide bonds. The van der Waals surface area contributed by atoms with E-state index in [0.29, 0.717) is 0 Å². The van der Waals surface area contributed by atoms with Crippen LogP contribution in [0.25, 0.3) is 0 Å². The number of rotatable bonds is 8. The topological polar surface area (TPSA) is 130 Å². The van der Waals surface area contributed by atoms with Crippen LogP contribution in [0.2, 0.25) is 0 Å². The molecule has 0 heterocycles. The lowest BCUT2D eigenvalue weighted by Crippen LogP contribution is -2.50. The third-order valence-corrected chi connectivity index (χ3v) is 3.29. The molecule has 0 spiro atoms. The fourth-order valence-electron chi connectivity index (χ4n) is 2.00. The first-order valence-corrected chi connectivity index (χ1v) is 7.61. The van der Waals surface area contributed by atoms with E-state index in [1.807, 2.05) is 6.07 Å². The first-order chi connectivity index (χ1) is 11.7. The summed E-state index contributed by atoms with van der Waals surface area (Å²) in [6.07, 6.45) is 0.214. The van der Waals surface area contributed by atoms with Gasteiger partial charge in [-0.05, 0) is 12.5 Å². The summed E-state index contributed by atoms with van der Waals surface area (Å²) in [4.78, 5) is 46.4. The maximum atomic E-state index is 12.1. The molecule has 0 aliphatic heterocycles. The molecule has 0 aromatic heterocycles. The fourth-order valence-corrected chi connectivity index (χ4v) is 2.00. The predicted molar refractivity (Wildman–Crippen MR) is 91.8 cm³/mol. The van der Waals surface area contributed by atoms with Crippen LogP contribution in [0, 0.1) is 0 Å². The fraction of sp³-hybridized carbons (Fsp3) is 0.294. The van der Waals surface area contributed by atoms with Crippen molar-refractivity contribution in [1.29, 1.82) is 0 Å². The summed E-state index contributed by atoms with van der Waals surface area (Å²) in [5.74, 6) is -2.42. The average molecular weight is 346 g/mol. The van der Waals surface area contributed by atoms with Crippen molar-refractivity contribution in [2.45, 2.75) is 32.4 Å². The van der Waals surface area contributed by atoms with Crippen molar-refractivity contribution in [2.75, 3.05) is 0 Å². The van der Waals surface area contributed by atoms with E-state index in [9.17, 15) is 19.2 Å². The van der Waals surface area contributed by atoms with Gasteiger partial charge in [-0.25, -0.2) is 0 Å². The Kier molecular flexibility index (Phi) is 7.33. The number of nitrogens with one attached hydrogen (secondary N) is 3. The smallest absolute Gasteiger partial charge is 0.267 e. The number of carbonyl (C=O) groups is 4. The Morgan fingerprint density at radius 2 is 1.72 bits per heavy atom. The zero-order valence-corrected chi connectivity index (χ0v) is 14.2. The van der Waals surface area contributed by atoms with Crippen LogP contribution in [-0.4, -0.2) is 35.7 Å². The van der Waals surface area contributed by atoms with E-state index in [4.69, 9.17) is 5.73 Å². The minimum Gasteiger partial charge on any atom is -0.368 e. The number of carbonyl (C=O) groups excluding carboxylic acids is 4. The van der Waals surface area contributed by atoms with Crippen molar-refractivity contribution < 1.29 is 19.2 Å². The zero-order chi connectivity index (χ0) is 19.0. The quantitative estimate of drug-likeness (QED) is 0.466. The van der Waals surface area contributed by atoms with Crippen LogP contribution in [0.4, 0.5) is 0 Å². The molecule has 1 rings (SSSR count). The van der Waals surface area contributed by atoms with Gasteiger partial charge in [0.1, 0.15) is 12.1 Å². The van der Waals surface area contributed by atoms with Gasteiger partial charge in [0.25, 0.3) is 5.91 Å². The lowest BCUT2D eigenvalue weighted by atomic mass is 10.1. The number of primary amides is 1. The Morgan fingerprint density at radius 1 is 1.12 bits per heavy atom. The zero-order valence-electron chi connectivity index (χ0n) is 14.2. The predicted octanol–water partition coefficient (Wildman–Crippen LogP) is -0.646. The monoisotopic (exact) mass is 346 g/mol. The molecule has 25 heavy (non-hydrogen) atoms. The van der Waals surface area contributed by atoms with Gasteiger partial charge in [-0.15, -0.1) is 0 Å². The summed E-state index contributed by atoms with van der Waals surface area (Å²) in [6.45, 7) is 6.20. The third kappa shape index (κ3) is 6.86. The number of nitrogens with two attached hydrogens (primary N) is 1. The Morgan fingerprint density at radius 3 is 2.24 bits per heavy atom. The first-order valence-electron chi connectivity index (χ1n) is 7.61. The maximum absolute atomic E-state index is 12.1. The van der Waals surface area contributed by atoms with Gasteiger partial charge in [-0.1, -0.05) is 36.9 Å². The summed E-state index contributed by atoms with van der Waals surface area (Å²) in [6, 6.07) is 7.25. The molecule has 8 nitrogen and oxygen atoms in total. The molecule has 1 aromatic carbocycles. The number of hydrogen-bond donors (Lipinski definition) is 4. The van der Waals surface area contributed by atoms with Crippen molar-refractivity contribution in [3.8, 4) is 0 Å². The van der Waals surface area contributed by atoms with Crippen LogP contribution in [-0.2, 0) is 25.6 Å². The number of benzene rings is 1. The molecule has 5 N–H and O–H groups in total. The van der Waals surface area contributed by atoms with Gasteiger partial charge in [0, 0.05) is 13.3 Å². The molecule has 0 aliphatic carbocycles. The lowest BCUT2D eigenvalue weighted by Gasteiger charge is -2.18. The minimum atomic E-state index is -0.948. The molecular weight excluding hydrogens is 324 g/mol. The Bertz CT molecular complexity index is 672. The van der Waals surface area contributed by atoms with Crippen LogP contribution >= 0.6 is 0 Å².